The van der Waals surface area contributed by atoms with Crippen LogP contribution in [-0.4, -0.2) is 33.4 Å². The molecule has 0 amide bonds. The first-order valence-electron chi connectivity index (χ1n) is 6.90. The van der Waals surface area contributed by atoms with Gasteiger partial charge in [0.1, 0.15) is 12.4 Å². The zero-order chi connectivity index (χ0) is 13.5. The minimum absolute atomic E-state index is 0.535. The average Bonchev–Trinajstić information content (AvgIpc) is 2.44. The second-order valence-corrected chi connectivity index (χ2v) is 5.41. The van der Waals surface area contributed by atoms with E-state index in [-0.39, 0.29) is 0 Å². The van der Waals surface area contributed by atoms with Crippen molar-refractivity contribution < 1.29 is 9.47 Å². The van der Waals surface area contributed by atoms with Crippen LogP contribution >= 0.6 is 11.6 Å². The molecule has 1 aromatic rings. The van der Waals surface area contributed by atoms with E-state index in [4.69, 9.17) is 21.1 Å². The van der Waals surface area contributed by atoms with Crippen LogP contribution in [0.4, 0.5) is 0 Å². The normalized spacial score (nSPS) is 16.5. The summed E-state index contributed by atoms with van der Waals surface area (Å²) in [6, 6.07) is 6.10. The second-order valence-electron chi connectivity index (χ2n) is 5.00. The molecule has 0 unspecified atom stereocenters. The van der Waals surface area contributed by atoms with Crippen molar-refractivity contribution in [1.29, 1.82) is 0 Å². The van der Waals surface area contributed by atoms with E-state index < -0.39 is 0 Å². The van der Waals surface area contributed by atoms with Gasteiger partial charge in [-0.1, -0.05) is 17.7 Å². The van der Waals surface area contributed by atoms with E-state index in [1.54, 1.807) is 7.11 Å². The van der Waals surface area contributed by atoms with E-state index in [1.165, 1.54) is 18.4 Å². The van der Waals surface area contributed by atoms with Crippen molar-refractivity contribution in [2.75, 3.05) is 33.4 Å². The van der Waals surface area contributed by atoms with E-state index in [0.29, 0.717) is 18.2 Å². The third-order valence-electron chi connectivity index (χ3n) is 3.52. The molecule has 0 aliphatic carbocycles. The van der Waals surface area contributed by atoms with Crippen LogP contribution in [0.2, 0.25) is 5.02 Å². The molecule has 0 aromatic heterocycles. The molecule has 1 heterocycles. The minimum atomic E-state index is 0.535. The van der Waals surface area contributed by atoms with Crippen molar-refractivity contribution in [2.45, 2.75) is 19.3 Å². The Morgan fingerprint density at radius 1 is 1.26 bits per heavy atom. The van der Waals surface area contributed by atoms with Gasteiger partial charge in [0.05, 0.1) is 11.6 Å². The summed E-state index contributed by atoms with van der Waals surface area (Å²) < 4.78 is 10.6. The van der Waals surface area contributed by atoms with Gasteiger partial charge in [0, 0.05) is 7.11 Å². The number of halogens is 1. The second kappa shape index (κ2) is 7.73. The van der Waals surface area contributed by atoms with Crippen LogP contribution in [-0.2, 0) is 11.2 Å². The smallest absolute Gasteiger partial charge is 0.138 e. The molecule has 1 fully saturated rings. The average molecular weight is 284 g/mol. The largest absolute Gasteiger partial charge is 0.490 e. The van der Waals surface area contributed by atoms with Crippen molar-refractivity contribution in [3.05, 3.63) is 28.8 Å². The monoisotopic (exact) mass is 283 g/mol. The minimum Gasteiger partial charge on any atom is -0.490 e. The van der Waals surface area contributed by atoms with Gasteiger partial charge in [-0.25, -0.2) is 0 Å². The fourth-order valence-corrected chi connectivity index (χ4v) is 2.61. The Labute approximate surface area is 120 Å². The van der Waals surface area contributed by atoms with Crippen LogP contribution in [0.3, 0.4) is 0 Å². The molecule has 2 rings (SSSR count). The fraction of sp³-hybridized carbons (Fsp3) is 0.600. The van der Waals surface area contributed by atoms with Crippen LogP contribution in [0.15, 0.2) is 18.2 Å². The van der Waals surface area contributed by atoms with E-state index in [0.717, 1.165) is 31.2 Å². The lowest BCUT2D eigenvalue weighted by Gasteiger charge is -2.22. The SMILES string of the molecule is COCCOc1cc(CC2CCNCC2)ccc1Cl. The zero-order valence-electron chi connectivity index (χ0n) is 11.5. The lowest BCUT2D eigenvalue weighted by molar-refractivity contribution is 0.146. The van der Waals surface area contributed by atoms with Crippen molar-refractivity contribution in [1.82, 2.24) is 5.32 Å². The van der Waals surface area contributed by atoms with Gasteiger partial charge in [-0.05, 0) is 56.0 Å². The number of rotatable bonds is 6. The number of hydrogen-bond acceptors (Lipinski definition) is 3. The predicted molar refractivity (Wildman–Crippen MR) is 78.1 cm³/mol. The Hall–Kier alpha value is -0.770. The summed E-state index contributed by atoms with van der Waals surface area (Å²) in [4.78, 5) is 0. The molecule has 3 nitrogen and oxygen atoms in total. The number of methoxy groups -OCH3 is 1. The van der Waals surface area contributed by atoms with Gasteiger partial charge in [-0.3, -0.25) is 0 Å². The van der Waals surface area contributed by atoms with Crippen LogP contribution in [0.25, 0.3) is 0 Å². The molecule has 0 bridgehead atoms. The summed E-state index contributed by atoms with van der Waals surface area (Å²) in [6.07, 6.45) is 3.62. The van der Waals surface area contributed by atoms with E-state index in [2.05, 4.69) is 17.4 Å². The molecule has 106 valence electrons. The first kappa shape index (κ1) is 14.6. The van der Waals surface area contributed by atoms with Crippen molar-refractivity contribution in [3.63, 3.8) is 0 Å². The number of hydrogen-bond donors (Lipinski definition) is 1. The van der Waals surface area contributed by atoms with Gasteiger partial charge in [0.15, 0.2) is 0 Å². The highest BCUT2D eigenvalue weighted by Gasteiger charge is 2.14. The van der Waals surface area contributed by atoms with E-state index >= 15 is 0 Å². The number of nitrogens with one attached hydrogen (secondary N) is 1. The molecule has 1 saturated heterocycles. The van der Waals surface area contributed by atoms with Gasteiger partial charge in [-0.2, -0.15) is 0 Å². The van der Waals surface area contributed by atoms with Gasteiger partial charge in [0.2, 0.25) is 0 Å². The third kappa shape index (κ3) is 4.68. The highest BCUT2D eigenvalue weighted by Crippen LogP contribution is 2.28. The van der Waals surface area contributed by atoms with Gasteiger partial charge in [-0.15, -0.1) is 0 Å². The molecular weight excluding hydrogens is 262 g/mol. The topological polar surface area (TPSA) is 30.5 Å². The Morgan fingerprint density at radius 2 is 2.05 bits per heavy atom. The summed E-state index contributed by atoms with van der Waals surface area (Å²) in [5, 5.41) is 4.07. The van der Waals surface area contributed by atoms with Crippen molar-refractivity contribution >= 4 is 11.6 Å². The van der Waals surface area contributed by atoms with Gasteiger partial charge >= 0.3 is 0 Å². The maximum Gasteiger partial charge on any atom is 0.138 e. The van der Waals surface area contributed by atoms with Gasteiger partial charge < -0.3 is 14.8 Å². The molecule has 1 aliphatic rings. The maximum absolute atomic E-state index is 6.14. The fourth-order valence-electron chi connectivity index (χ4n) is 2.44. The summed E-state index contributed by atoms with van der Waals surface area (Å²) in [5.41, 5.74) is 1.31. The van der Waals surface area contributed by atoms with Crippen LogP contribution < -0.4 is 10.1 Å². The van der Waals surface area contributed by atoms with Crippen molar-refractivity contribution in [2.24, 2.45) is 5.92 Å². The Kier molecular flexibility index (Phi) is 5.95. The summed E-state index contributed by atoms with van der Waals surface area (Å²) >= 11 is 6.14. The number of ether oxygens (including phenoxy) is 2. The molecule has 1 aromatic carbocycles. The first-order chi connectivity index (χ1) is 9.29. The highest BCUT2D eigenvalue weighted by atomic mass is 35.5. The Bertz CT molecular complexity index is 392. The van der Waals surface area contributed by atoms with Crippen LogP contribution in [0.5, 0.6) is 5.75 Å². The lowest BCUT2D eigenvalue weighted by Crippen LogP contribution is -2.28. The third-order valence-corrected chi connectivity index (χ3v) is 3.84. The van der Waals surface area contributed by atoms with Crippen molar-refractivity contribution in [3.8, 4) is 5.75 Å². The molecule has 1 N–H and O–H groups in total. The molecule has 0 saturated carbocycles. The van der Waals surface area contributed by atoms with E-state index in [1.807, 2.05) is 6.07 Å². The molecule has 1 aliphatic heterocycles. The summed E-state index contributed by atoms with van der Waals surface area (Å²) in [5.74, 6) is 1.54. The number of benzene rings is 1. The Balaban J connectivity index is 1.94. The summed E-state index contributed by atoms with van der Waals surface area (Å²) in [6.45, 7) is 3.38. The zero-order valence-corrected chi connectivity index (χ0v) is 12.2. The lowest BCUT2D eigenvalue weighted by atomic mass is 9.91. The predicted octanol–water partition coefficient (Wildman–Crippen LogP) is 2.91. The molecule has 0 atom stereocenters. The molecule has 0 radical (unpaired) electrons. The maximum atomic E-state index is 6.14. The van der Waals surface area contributed by atoms with Crippen LogP contribution in [0.1, 0.15) is 18.4 Å². The standard InChI is InChI=1S/C15H22ClNO2/c1-18-8-9-19-15-11-13(2-3-14(15)16)10-12-4-6-17-7-5-12/h2-3,11-12,17H,4-10H2,1H3. The molecular formula is C15H22ClNO2. The Morgan fingerprint density at radius 3 is 2.79 bits per heavy atom. The molecule has 19 heavy (non-hydrogen) atoms. The molecule has 0 spiro atoms. The van der Waals surface area contributed by atoms with E-state index in [9.17, 15) is 0 Å². The number of piperidine rings is 1. The first-order valence-corrected chi connectivity index (χ1v) is 7.28. The van der Waals surface area contributed by atoms with Crippen LogP contribution in [0, 0.1) is 5.92 Å². The summed E-state index contributed by atoms with van der Waals surface area (Å²) in [7, 11) is 1.67. The highest BCUT2D eigenvalue weighted by molar-refractivity contribution is 6.32. The molecule has 4 heteroatoms. The quantitative estimate of drug-likeness (QED) is 0.815. The van der Waals surface area contributed by atoms with Gasteiger partial charge in [0.25, 0.3) is 0 Å².